The van der Waals surface area contributed by atoms with E-state index in [2.05, 4.69) is 29.7 Å². The van der Waals surface area contributed by atoms with Crippen LogP contribution in [0.3, 0.4) is 0 Å². The summed E-state index contributed by atoms with van der Waals surface area (Å²) in [5.74, 6) is 3.06. The summed E-state index contributed by atoms with van der Waals surface area (Å²) in [4.78, 5) is 12.6. The van der Waals surface area contributed by atoms with Gasteiger partial charge in [-0.3, -0.25) is 4.98 Å². The molecule has 0 unspecified atom stereocenters. The van der Waals surface area contributed by atoms with Gasteiger partial charge in [-0.1, -0.05) is 25.8 Å². The molecule has 3 aromatic rings. The zero-order chi connectivity index (χ0) is 17.3. The van der Waals surface area contributed by atoms with Gasteiger partial charge in [-0.25, -0.2) is 9.37 Å². The summed E-state index contributed by atoms with van der Waals surface area (Å²) in [6, 6.07) is 10.5. The van der Waals surface area contributed by atoms with Crippen molar-refractivity contribution in [3.63, 3.8) is 0 Å². The van der Waals surface area contributed by atoms with E-state index in [-0.39, 0.29) is 11.5 Å². The second-order valence-corrected chi connectivity index (χ2v) is 6.00. The van der Waals surface area contributed by atoms with Gasteiger partial charge in [-0.15, -0.1) is 6.42 Å². The van der Waals surface area contributed by atoms with Gasteiger partial charge < -0.3 is 4.98 Å². The number of H-pyrrole nitrogens is 1. The Labute approximate surface area is 141 Å². The number of aryl methyl sites for hydroxylation is 1. The number of benzene rings is 1. The molecule has 0 aliphatic heterocycles. The minimum absolute atomic E-state index is 0.227. The number of rotatable bonds is 3. The highest BCUT2D eigenvalue weighted by atomic mass is 19.1. The van der Waals surface area contributed by atoms with E-state index < -0.39 is 5.82 Å². The van der Waals surface area contributed by atoms with Crippen LogP contribution in [0, 0.1) is 25.1 Å². The molecule has 24 heavy (non-hydrogen) atoms. The molecule has 0 saturated carbocycles. The molecular formula is C20H18FN3. The van der Waals surface area contributed by atoms with E-state index >= 15 is 0 Å². The maximum Gasteiger partial charge on any atom is 0.138 e. The average Bonchev–Trinajstić information content (AvgIpc) is 3.01. The average molecular weight is 319 g/mol. The molecule has 0 spiro atoms. The van der Waals surface area contributed by atoms with E-state index in [1.807, 2.05) is 25.1 Å². The smallest absolute Gasteiger partial charge is 0.138 e. The normalized spacial score (nSPS) is 10.8. The second-order valence-electron chi connectivity index (χ2n) is 6.00. The van der Waals surface area contributed by atoms with Crippen LogP contribution in [0.2, 0.25) is 0 Å². The molecule has 0 radical (unpaired) electrons. The quantitative estimate of drug-likeness (QED) is 0.712. The largest absolute Gasteiger partial charge is 0.340 e. The van der Waals surface area contributed by atoms with Crippen LogP contribution >= 0.6 is 0 Å². The number of hydrogen-bond acceptors (Lipinski definition) is 2. The molecule has 0 aliphatic carbocycles. The summed E-state index contributed by atoms with van der Waals surface area (Å²) in [7, 11) is 0. The molecule has 3 rings (SSSR count). The summed E-state index contributed by atoms with van der Waals surface area (Å²) in [5.41, 5.74) is 4.26. The fraction of sp³-hybridized carbons (Fsp3) is 0.200. The van der Waals surface area contributed by atoms with Crippen molar-refractivity contribution in [1.29, 1.82) is 0 Å². The van der Waals surface area contributed by atoms with Crippen molar-refractivity contribution >= 4 is 0 Å². The summed E-state index contributed by atoms with van der Waals surface area (Å²) in [6.07, 6.45) is 5.39. The number of nitrogens with zero attached hydrogens (tertiary/aromatic N) is 2. The topological polar surface area (TPSA) is 41.6 Å². The molecule has 2 aromatic heterocycles. The monoisotopic (exact) mass is 319 g/mol. The molecule has 120 valence electrons. The number of halogens is 1. The molecule has 0 fully saturated rings. The molecule has 3 nitrogen and oxygen atoms in total. The van der Waals surface area contributed by atoms with Crippen molar-refractivity contribution in [3.05, 3.63) is 59.3 Å². The fourth-order valence-corrected chi connectivity index (χ4v) is 2.52. The molecule has 1 N–H and O–H groups in total. The van der Waals surface area contributed by atoms with Crippen molar-refractivity contribution in [2.45, 2.75) is 26.7 Å². The van der Waals surface area contributed by atoms with Gasteiger partial charge in [0.15, 0.2) is 0 Å². The Kier molecular flexibility index (Phi) is 4.18. The van der Waals surface area contributed by atoms with Crippen LogP contribution < -0.4 is 0 Å². The first-order valence-electron chi connectivity index (χ1n) is 7.80. The molecule has 2 heterocycles. The molecule has 0 aliphatic rings. The number of hydrogen-bond donors (Lipinski definition) is 1. The van der Waals surface area contributed by atoms with E-state index in [1.54, 1.807) is 12.1 Å². The highest BCUT2D eigenvalue weighted by Gasteiger charge is 2.17. The van der Waals surface area contributed by atoms with Crippen molar-refractivity contribution in [2.24, 2.45) is 0 Å². The lowest BCUT2D eigenvalue weighted by molar-refractivity contribution is 0.624. The zero-order valence-electron chi connectivity index (χ0n) is 13.9. The van der Waals surface area contributed by atoms with E-state index in [0.717, 1.165) is 34.2 Å². The Hall–Kier alpha value is -2.93. The Morgan fingerprint density at radius 1 is 1.17 bits per heavy atom. The van der Waals surface area contributed by atoms with E-state index in [4.69, 9.17) is 11.4 Å². The van der Waals surface area contributed by atoms with Crippen LogP contribution in [-0.4, -0.2) is 15.0 Å². The summed E-state index contributed by atoms with van der Waals surface area (Å²) >= 11 is 0. The lowest BCUT2D eigenvalue weighted by Crippen LogP contribution is -1.91. The van der Waals surface area contributed by atoms with Gasteiger partial charge in [0.2, 0.25) is 0 Å². The highest BCUT2D eigenvalue weighted by Crippen LogP contribution is 2.31. The Morgan fingerprint density at radius 2 is 1.96 bits per heavy atom. The first-order valence-corrected chi connectivity index (χ1v) is 7.80. The minimum atomic E-state index is -0.406. The molecule has 0 saturated heterocycles. The fourth-order valence-electron chi connectivity index (χ4n) is 2.52. The summed E-state index contributed by atoms with van der Waals surface area (Å²) < 4.78 is 13.7. The summed E-state index contributed by atoms with van der Waals surface area (Å²) in [6.45, 7) is 6.07. The maximum absolute atomic E-state index is 13.7. The molecule has 1 aromatic carbocycles. The molecule has 0 bridgehead atoms. The predicted molar refractivity (Wildman–Crippen MR) is 94.0 cm³/mol. The second kappa shape index (κ2) is 6.29. The number of pyridine rings is 1. The van der Waals surface area contributed by atoms with Gasteiger partial charge >= 0.3 is 0 Å². The summed E-state index contributed by atoms with van der Waals surface area (Å²) in [5, 5.41) is 0. The minimum Gasteiger partial charge on any atom is -0.340 e. The van der Waals surface area contributed by atoms with Gasteiger partial charge in [0.05, 0.1) is 22.6 Å². The zero-order valence-corrected chi connectivity index (χ0v) is 13.9. The molecule has 0 amide bonds. The van der Waals surface area contributed by atoms with Crippen LogP contribution in [0.5, 0.6) is 0 Å². The van der Waals surface area contributed by atoms with Crippen LogP contribution in [0.1, 0.15) is 36.8 Å². The Balaban J connectivity index is 2.22. The van der Waals surface area contributed by atoms with Crippen molar-refractivity contribution in [1.82, 2.24) is 15.0 Å². The maximum atomic E-state index is 13.7. The number of aromatic nitrogens is 3. The number of aromatic amines is 1. The third-order valence-electron chi connectivity index (χ3n) is 3.81. The number of terminal acetylenes is 1. The Morgan fingerprint density at radius 3 is 2.62 bits per heavy atom. The number of imidazole rings is 1. The molecular weight excluding hydrogens is 301 g/mol. The van der Waals surface area contributed by atoms with E-state index in [1.165, 1.54) is 6.07 Å². The standard InChI is InChI=1S/C20H18FN3/c1-5-14-11-15(9-10-16(14)21)18-19(24-20(23-18)12(2)3)17-8-6-7-13(4)22-17/h1,6-12H,2-4H3,(H,23,24). The number of nitrogens with one attached hydrogen (secondary N) is 1. The lowest BCUT2D eigenvalue weighted by Gasteiger charge is -2.05. The van der Waals surface area contributed by atoms with Crippen LogP contribution in [-0.2, 0) is 0 Å². The molecule has 4 heteroatoms. The van der Waals surface area contributed by atoms with Gasteiger partial charge in [0.25, 0.3) is 0 Å². The van der Waals surface area contributed by atoms with Gasteiger partial charge in [0, 0.05) is 17.2 Å². The Bertz CT molecular complexity index is 932. The van der Waals surface area contributed by atoms with E-state index in [9.17, 15) is 4.39 Å². The van der Waals surface area contributed by atoms with Gasteiger partial charge in [-0.05, 0) is 37.3 Å². The van der Waals surface area contributed by atoms with Crippen molar-refractivity contribution in [3.8, 4) is 35.0 Å². The van der Waals surface area contributed by atoms with Crippen LogP contribution in [0.25, 0.3) is 22.6 Å². The SMILES string of the molecule is C#Cc1cc(-c2nc(C(C)C)[nH]c2-c2cccc(C)n2)ccc1F. The van der Waals surface area contributed by atoms with Gasteiger partial charge in [-0.2, -0.15) is 0 Å². The third kappa shape index (κ3) is 2.93. The first kappa shape index (κ1) is 15.9. The third-order valence-corrected chi connectivity index (χ3v) is 3.81. The van der Waals surface area contributed by atoms with Gasteiger partial charge in [0.1, 0.15) is 11.6 Å². The highest BCUT2D eigenvalue weighted by molar-refractivity contribution is 5.77. The van der Waals surface area contributed by atoms with Crippen LogP contribution in [0.15, 0.2) is 36.4 Å². The van der Waals surface area contributed by atoms with Crippen LogP contribution in [0.4, 0.5) is 4.39 Å². The van der Waals surface area contributed by atoms with Crippen molar-refractivity contribution in [2.75, 3.05) is 0 Å². The lowest BCUT2D eigenvalue weighted by atomic mass is 10.0. The van der Waals surface area contributed by atoms with Crippen molar-refractivity contribution < 1.29 is 4.39 Å². The first-order chi connectivity index (χ1) is 11.5. The van der Waals surface area contributed by atoms with E-state index in [0.29, 0.717) is 0 Å². The molecule has 0 atom stereocenters. The predicted octanol–water partition coefficient (Wildman–Crippen LogP) is 4.69.